The maximum absolute atomic E-state index is 13.1. The molecule has 1 heterocycles. The van der Waals surface area contributed by atoms with Crippen LogP contribution in [0, 0.1) is 0 Å². The molecule has 0 saturated carbocycles. The first-order valence-electron chi connectivity index (χ1n) is 10.4. The van der Waals surface area contributed by atoms with Crippen molar-refractivity contribution in [1.82, 2.24) is 4.57 Å². The molecule has 0 aliphatic rings. The minimum atomic E-state index is -0.132. The largest absolute Gasteiger partial charge is 0.489 e. The first kappa shape index (κ1) is 21.9. The van der Waals surface area contributed by atoms with E-state index in [4.69, 9.17) is 9.47 Å². The number of methoxy groups -OCH3 is 1. The average molecular weight is 387 g/mol. The fourth-order valence-electron chi connectivity index (χ4n) is 3.26. The van der Waals surface area contributed by atoms with Gasteiger partial charge >= 0.3 is 0 Å². The first-order chi connectivity index (χ1) is 13.7. The number of ether oxygens (including phenoxy) is 2. The summed E-state index contributed by atoms with van der Waals surface area (Å²) >= 11 is 0. The topological polar surface area (TPSA) is 52.5 Å². The predicted octanol–water partition coefficient (Wildman–Crippen LogP) is 5.37. The number of anilines is 1. The van der Waals surface area contributed by atoms with Crippen LogP contribution in [-0.4, -0.2) is 24.8 Å². The third-order valence-corrected chi connectivity index (χ3v) is 4.81. The molecule has 0 amide bonds. The number of aromatic nitrogens is 1. The van der Waals surface area contributed by atoms with Gasteiger partial charge in [0.2, 0.25) is 5.75 Å². The van der Waals surface area contributed by atoms with Gasteiger partial charge in [-0.2, -0.15) is 0 Å². The second-order valence-corrected chi connectivity index (χ2v) is 6.98. The van der Waals surface area contributed by atoms with Crippen LogP contribution in [0.25, 0.3) is 10.9 Å². The summed E-state index contributed by atoms with van der Waals surface area (Å²) in [4.78, 5) is 13.1. The number of pyridine rings is 1. The van der Waals surface area contributed by atoms with E-state index >= 15 is 0 Å². The van der Waals surface area contributed by atoms with Gasteiger partial charge in [0.25, 0.3) is 5.56 Å². The smallest absolute Gasteiger partial charge is 0.297 e. The summed E-state index contributed by atoms with van der Waals surface area (Å²) in [5.74, 6) is 0.855. The minimum Gasteiger partial charge on any atom is -0.489 e. The number of rotatable bonds is 13. The molecule has 5 nitrogen and oxygen atoms in total. The number of hydrogen-bond acceptors (Lipinski definition) is 4. The van der Waals surface area contributed by atoms with Gasteiger partial charge in [0, 0.05) is 24.2 Å². The molecule has 0 spiro atoms. The van der Waals surface area contributed by atoms with Gasteiger partial charge in [-0.15, -0.1) is 6.58 Å². The van der Waals surface area contributed by atoms with Crippen molar-refractivity contribution in [3.8, 4) is 11.5 Å². The fourth-order valence-corrected chi connectivity index (χ4v) is 3.26. The van der Waals surface area contributed by atoms with E-state index in [9.17, 15) is 4.79 Å². The summed E-state index contributed by atoms with van der Waals surface area (Å²) in [5.41, 5.74) is 1.70. The normalized spacial score (nSPS) is 10.8. The minimum absolute atomic E-state index is 0.132. The molecule has 2 aromatic rings. The van der Waals surface area contributed by atoms with Crippen LogP contribution in [0.4, 0.5) is 5.69 Å². The Balaban J connectivity index is 2.50. The van der Waals surface area contributed by atoms with Crippen LogP contribution in [0.1, 0.15) is 52.4 Å². The lowest BCUT2D eigenvalue weighted by Gasteiger charge is -2.18. The molecular formula is C23H34N2O3. The van der Waals surface area contributed by atoms with Crippen LogP contribution in [0.5, 0.6) is 11.5 Å². The number of benzene rings is 1. The van der Waals surface area contributed by atoms with Crippen LogP contribution in [0.2, 0.25) is 0 Å². The number of unbranched alkanes of at least 4 members (excludes halogenated alkanes) is 4. The SMILES string of the molecule is C=CCNc1ccc2c(OCCCCCC)c(OC)c(=O)n(CCCC)c2c1. The number of hydrogen-bond donors (Lipinski definition) is 1. The molecule has 1 aromatic carbocycles. The van der Waals surface area contributed by atoms with Crippen LogP contribution >= 0.6 is 0 Å². The van der Waals surface area contributed by atoms with Crippen molar-refractivity contribution >= 4 is 16.6 Å². The molecule has 5 heteroatoms. The molecule has 0 atom stereocenters. The van der Waals surface area contributed by atoms with Gasteiger partial charge in [-0.05, 0) is 31.0 Å². The van der Waals surface area contributed by atoms with Crippen molar-refractivity contribution in [3.05, 3.63) is 41.2 Å². The Morgan fingerprint density at radius 2 is 1.89 bits per heavy atom. The molecule has 0 aliphatic carbocycles. The summed E-state index contributed by atoms with van der Waals surface area (Å²) in [6.07, 6.45) is 8.22. The number of aryl methyl sites for hydroxylation is 1. The Morgan fingerprint density at radius 3 is 2.57 bits per heavy atom. The molecule has 154 valence electrons. The molecule has 1 aromatic heterocycles. The number of fused-ring (bicyclic) bond motifs is 1. The second-order valence-electron chi connectivity index (χ2n) is 6.98. The van der Waals surface area contributed by atoms with Crippen LogP contribution in [0.3, 0.4) is 0 Å². The third-order valence-electron chi connectivity index (χ3n) is 4.81. The number of nitrogens with one attached hydrogen (secondary N) is 1. The highest BCUT2D eigenvalue weighted by molar-refractivity contribution is 5.90. The predicted molar refractivity (Wildman–Crippen MR) is 118 cm³/mol. The van der Waals surface area contributed by atoms with Crippen molar-refractivity contribution in [2.24, 2.45) is 0 Å². The van der Waals surface area contributed by atoms with Crippen molar-refractivity contribution in [1.29, 1.82) is 0 Å². The maximum atomic E-state index is 13.1. The monoisotopic (exact) mass is 386 g/mol. The molecule has 0 saturated heterocycles. The van der Waals surface area contributed by atoms with Crippen LogP contribution in [0.15, 0.2) is 35.6 Å². The van der Waals surface area contributed by atoms with Gasteiger partial charge in [0.05, 0.1) is 19.2 Å². The molecule has 28 heavy (non-hydrogen) atoms. The van der Waals surface area contributed by atoms with E-state index < -0.39 is 0 Å². The molecule has 0 bridgehead atoms. The fraction of sp³-hybridized carbons (Fsp3) is 0.522. The molecule has 1 N–H and O–H groups in total. The highest BCUT2D eigenvalue weighted by Gasteiger charge is 2.19. The van der Waals surface area contributed by atoms with E-state index in [1.54, 1.807) is 4.57 Å². The zero-order chi connectivity index (χ0) is 20.4. The summed E-state index contributed by atoms with van der Waals surface area (Å²) in [5, 5.41) is 4.21. The summed E-state index contributed by atoms with van der Waals surface area (Å²) < 4.78 is 13.4. The summed E-state index contributed by atoms with van der Waals surface area (Å²) in [7, 11) is 1.54. The lowest BCUT2D eigenvalue weighted by Crippen LogP contribution is -2.23. The summed E-state index contributed by atoms with van der Waals surface area (Å²) in [6.45, 7) is 9.96. The maximum Gasteiger partial charge on any atom is 0.297 e. The van der Waals surface area contributed by atoms with E-state index in [0.717, 1.165) is 42.3 Å². The Kier molecular flexibility index (Phi) is 8.92. The van der Waals surface area contributed by atoms with Crippen molar-refractivity contribution in [3.63, 3.8) is 0 Å². The standard InChI is InChI=1S/C23H34N2O3/c1-5-8-10-11-16-28-21-19-13-12-18(24-14-7-3)17-20(19)25(15-9-6-2)23(26)22(21)27-4/h7,12-13,17,24H,3,5-6,8-11,14-16H2,1-2,4H3. The Morgan fingerprint density at radius 1 is 1.11 bits per heavy atom. The van der Waals surface area contributed by atoms with Crippen molar-refractivity contribution in [2.45, 2.75) is 58.9 Å². The zero-order valence-electron chi connectivity index (χ0n) is 17.6. The zero-order valence-corrected chi connectivity index (χ0v) is 17.6. The molecule has 2 rings (SSSR count). The lowest BCUT2D eigenvalue weighted by atomic mass is 10.1. The van der Waals surface area contributed by atoms with Gasteiger partial charge in [0.1, 0.15) is 0 Å². The molecule has 0 radical (unpaired) electrons. The molecule has 0 unspecified atom stereocenters. The van der Waals surface area contributed by atoms with E-state index in [1.807, 2.05) is 24.3 Å². The van der Waals surface area contributed by atoms with E-state index in [2.05, 4.69) is 25.7 Å². The van der Waals surface area contributed by atoms with E-state index in [-0.39, 0.29) is 5.56 Å². The lowest BCUT2D eigenvalue weighted by molar-refractivity contribution is 0.285. The first-order valence-corrected chi connectivity index (χ1v) is 10.4. The van der Waals surface area contributed by atoms with Crippen LogP contribution < -0.4 is 20.3 Å². The quantitative estimate of drug-likeness (QED) is 0.371. The highest BCUT2D eigenvalue weighted by Crippen LogP contribution is 2.34. The Hall–Kier alpha value is -2.43. The van der Waals surface area contributed by atoms with Crippen molar-refractivity contribution in [2.75, 3.05) is 25.6 Å². The van der Waals surface area contributed by atoms with Crippen molar-refractivity contribution < 1.29 is 9.47 Å². The van der Waals surface area contributed by atoms with Gasteiger partial charge in [0.15, 0.2) is 5.75 Å². The van der Waals surface area contributed by atoms with Crippen LogP contribution in [-0.2, 0) is 6.54 Å². The van der Waals surface area contributed by atoms with Gasteiger partial charge < -0.3 is 19.4 Å². The Labute approximate surface area is 168 Å². The average Bonchev–Trinajstić information content (AvgIpc) is 2.71. The highest BCUT2D eigenvalue weighted by atomic mass is 16.5. The number of nitrogens with zero attached hydrogens (tertiary/aromatic N) is 1. The molecular weight excluding hydrogens is 352 g/mol. The third kappa shape index (κ3) is 5.31. The molecule has 0 fully saturated rings. The van der Waals surface area contributed by atoms with Gasteiger partial charge in [-0.1, -0.05) is 45.6 Å². The van der Waals surface area contributed by atoms with Gasteiger partial charge in [-0.3, -0.25) is 4.79 Å². The Bertz CT molecular complexity index is 827. The van der Waals surface area contributed by atoms with Gasteiger partial charge in [-0.25, -0.2) is 0 Å². The molecule has 0 aliphatic heterocycles. The van der Waals surface area contributed by atoms with E-state index in [1.165, 1.54) is 20.0 Å². The summed E-state index contributed by atoms with van der Waals surface area (Å²) in [6, 6.07) is 6.02. The second kappa shape index (κ2) is 11.4. The van der Waals surface area contributed by atoms with E-state index in [0.29, 0.717) is 31.2 Å².